The van der Waals surface area contributed by atoms with E-state index >= 15 is 0 Å². The Morgan fingerprint density at radius 2 is 2.28 bits per heavy atom. The van der Waals surface area contributed by atoms with Crippen molar-refractivity contribution in [3.8, 4) is 0 Å². The van der Waals surface area contributed by atoms with E-state index in [0.29, 0.717) is 11.6 Å². The van der Waals surface area contributed by atoms with Crippen LogP contribution in [0, 0.1) is 5.92 Å². The van der Waals surface area contributed by atoms with Crippen molar-refractivity contribution in [3.63, 3.8) is 0 Å². The molecule has 1 atom stereocenters. The topological polar surface area (TPSA) is 68.3 Å². The molecule has 0 spiro atoms. The fourth-order valence-electron chi connectivity index (χ4n) is 2.34. The van der Waals surface area contributed by atoms with Gasteiger partial charge in [0, 0.05) is 31.0 Å². The molecule has 0 bridgehead atoms. The summed E-state index contributed by atoms with van der Waals surface area (Å²) in [7, 11) is 0. The summed E-state index contributed by atoms with van der Waals surface area (Å²) in [6.07, 6.45) is 3.73. The molecule has 1 amide bonds. The summed E-state index contributed by atoms with van der Waals surface area (Å²) in [5, 5.41) is 0. The Bertz CT molecular complexity index is 495. The molecule has 5 heteroatoms. The second-order valence-corrected chi connectivity index (χ2v) is 5.02. The summed E-state index contributed by atoms with van der Waals surface area (Å²) in [5.74, 6) is 0.537. The van der Waals surface area contributed by atoms with Crippen molar-refractivity contribution < 1.29 is 4.79 Å². The van der Waals surface area contributed by atoms with Crippen molar-refractivity contribution in [2.75, 3.05) is 18.8 Å². The molecule has 5 nitrogen and oxygen atoms in total. The first-order chi connectivity index (χ1) is 8.56. The molecule has 0 radical (unpaired) electrons. The molecule has 1 fully saturated rings. The number of piperidine rings is 1. The van der Waals surface area contributed by atoms with Crippen LogP contribution in [-0.2, 0) is 11.3 Å². The van der Waals surface area contributed by atoms with Crippen LogP contribution >= 0.6 is 0 Å². The van der Waals surface area contributed by atoms with Crippen LogP contribution < -0.4 is 11.3 Å². The van der Waals surface area contributed by atoms with Crippen molar-refractivity contribution in [1.29, 1.82) is 0 Å². The highest BCUT2D eigenvalue weighted by Gasteiger charge is 2.21. The van der Waals surface area contributed by atoms with Crippen LogP contribution in [-0.4, -0.2) is 28.5 Å². The molecule has 1 aromatic rings. The summed E-state index contributed by atoms with van der Waals surface area (Å²) in [4.78, 5) is 25.5. The lowest BCUT2D eigenvalue weighted by Gasteiger charge is -2.31. The molecule has 1 aromatic heterocycles. The van der Waals surface area contributed by atoms with Crippen LogP contribution in [0.3, 0.4) is 0 Å². The number of nitrogens with zero attached hydrogens (tertiary/aromatic N) is 2. The van der Waals surface area contributed by atoms with E-state index in [-0.39, 0.29) is 18.0 Å². The summed E-state index contributed by atoms with van der Waals surface area (Å²) in [6, 6.07) is 2.94. The summed E-state index contributed by atoms with van der Waals surface area (Å²) >= 11 is 0. The highest BCUT2D eigenvalue weighted by molar-refractivity contribution is 5.76. The predicted octanol–water partition coefficient (Wildman–Crippen LogP) is 0.689. The minimum absolute atomic E-state index is 0.00532. The Balaban J connectivity index is 2.06. The highest BCUT2D eigenvalue weighted by atomic mass is 16.2. The lowest BCUT2D eigenvalue weighted by atomic mass is 10.0. The lowest BCUT2D eigenvalue weighted by Crippen LogP contribution is -2.42. The lowest BCUT2D eigenvalue weighted by molar-refractivity contribution is -0.133. The van der Waals surface area contributed by atoms with Gasteiger partial charge >= 0.3 is 0 Å². The van der Waals surface area contributed by atoms with E-state index in [1.54, 1.807) is 6.07 Å². The van der Waals surface area contributed by atoms with Crippen molar-refractivity contribution in [3.05, 3.63) is 28.7 Å². The maximum Gasteiger partial charge on any atom is 0.251 e. The molecule has 1 aliphatic heterocycles. The van der Waals surface area contributed by atoms with Gasteiger partial charge in [0.15, 0.2) is 0 Å². The number of nitrogens with two attached hydrogens (primary N) is 1. The molecule has 1 unspecified atom stereocenters. The summed E-state index contributed by atoms with van der Waals surface area (Å²) < 4.78 is 1.37. The van der Waals surface area contributed by atoms with Gasteiger partial charge in [-0.05, 0) is 24.8 Å². The number of aromatic nitrogens is 1. The standard InChI is InChI=1S/C13H19N3O2/c1-10-3-2-6-15(7-10)13(18)9-16-8-11(14)4-5-12(16)17/h4-5,8,10H,2-3,6-7,9,14H2,1H3. The zero-order valence-electron chi connectivity index (χ0n) is 10.6. The normalized spacial score (nSPS) is 19.8. The molecule has 1 saturated heterocycles. The minimum atomic E-state index is -0.192. The van der Waals surface area contributed by atoms with Crippen LogP contribution in [0.2, 0.25) is 0 Å². The molecule has 2 N–H and O–H groups in total. The van der Waals surface area contributed by atoms with Crippen molar-refractivity contribution in [1.82, 2.24) is 9.47 Å². The zero-order chi connectivity index (χ0) is 13.1. The first kappa shape index (κ1) is 12.7. The Hall–Kier alpha value is -1.78. The van der Waals surface area contributed by atoms with Gasteiger partial charge in [-0.15, -0.1) is 0 Å². The molecule has 0 aromatic carbocycles. The molecule has 1 aliphatic rings. The Morgan fingerprint density at radius 3 is 3.00 bits per heavy atom. The van der Waals surface area contributed by atoms with Crippen LogP contribution in [0.25, 0.3) is 0 Å². The highest BCUT2D eigenvalue weighted by Crippen LogP contribution is 2.15. The number of carbonyl (C=O) groups is 1. The number of pyridine rings is 1. The third kappa shape index (κ3) is 2.91. The number of anilines is 1. The molecular weight excluding hydrogens is 230 g/mol. The smallest absolute Gasteiger partial charge is 0.251 e. The van der Waals surface area contributed by atoms with Crippen molar-refractivity contribution >= 4 is 11.6 Å². The third-order valence-electron chi connectivity index (χ3n) is 3.32. The molecular formula is C13H19N3O2. The average molecular weight is 249 g/mol. The van der Waals surface area contributed by atoms with Gasteiger partial charge in [-0.25, -0.2) is 0 Å². The second-order valence-electron chi connectivity index (χ2n) is 5.02. The second kappa shape index (κ2) is 5.25. The number of rotatable bonds is 2. The zero-order valence-corrected chi connectivity index (χ0v) is 10.6. The van der Waals surface area contributed by atoms with E-state index in [0.717, 1.165) is 19.5 Å². The average Bonchev–Trinajstić information content (AvgIpc) is 2.34. The van der Waals surface area contributed by atoms with Crippen LogP contribution in [0.5, 0.6) is 0 Å². The number of nitrogen functional groups attached to an aromatic ring is 1. The van der Waals surface area contributed by atoms with E-state index in [1.807, 2.05) is 4.90 Å². The largest absolute Gasteiger partial charge is 0.398 e. The first-order valence-corrected chi connectivity index (χ1v) is 6.30. The van der Waals surface area contributed by atoms with E-state index < -0.39 is 0 Å². The number of hydrogen-bond donors (Lipinski definition) is 1. The maximum absolute atomic E-state index is 12.1. The van der Waals surface area contributed by atoms with E-state index in [4.69, 9.17) is 5.73 Å². The number of hydrogen-bond acceptors (Lipinski definition) is 3. The van der Waals surface area contributed by atoms with Crippen molar-refractivity contribution in [2.45, 2.75) is 26.3 Å². The van der Waals surface area contributed by atoms with Gasteiger partial charge in [0.25, 0.3) is 5.56 Å². The van der Waals surface area contributed by atoms with Gasteiger partial charge in [-0.1, -0.05) is 6.92 Å². The SMILES string of the molecule is CC1CCCN(C(=O)Cn2cc(N)ccc2=O)C1. The van der Waals surface area contributed by atoms with Crippen LogP contribution in [0.15, 0.2) is 23.1 Å². The molecule has 18 heavy (non-hydrogen) atoms. The number of carbonyl (C=O) groups excluding carboxylic acids is 1. The van der Waals surface area contributed by atoms with Gasteiger partial charge in [-0.2, -0.15) is 0 Å². The van der Waals surface area contributed by atoms with Crippen LogP contribution in [0.4, 0.5) is 5.69 Å². The van der Waals surface area contributed by atoms with Gasteiger partial charge in [-0.3, -0.25) is 9.59 Å². The number of amides is 1. The summed E-state index contributed by atoms with van der Waals surface area (Å²) in [6.45, 7) is 3.80. The molecule has 0 aliphatic carbocycles. The van der Waals surface area contributed by atoms with Gasteiger partial charge in [0.05, 0.1) is 0 Å². The fourth-order valence-corrected chi connectivity index (χ4v) is 2.34. The molecule has 0 saturated carbocycles. The van der Waals surface area contributed by atoms with Gasteiger partial charge in [0.1, 0.15) is 6.54 Å². The Morgan fingerprint density at radius 1 is 1.50 bits per heavy atom. The quantitative estimate of drug-likeness (QED) is 0.838. The predicted molar refractivity (Wildman–Crippen MR) is 70.1 cm³/mol. The van der Waals surface area contributed by atoms with E-state index in [1.165, 1.54) is 23.3 Å². The fraction of sp³-hybridized carbons (Fsp3) is 0.538. The Kier molecular flexibility index (Phi) is 3.69. The minimum Gasteiger partial charge on any atom is -0.398 e. The van der Waals surface area contributed by atoms with E-state index in [2.05, 4.69) is 6.92 Å². The number of likely N-dealkylation sites (tertiary alicyclic amines) is 1. The monoisotopic (exact) mass is 249 g/mol. The Labute approximate surface area is 106 Å². The third-order valence-corrected chi connectivity index (χ3v) is 3.32. The summed E-state index contributed by atoms with van der Waals surface area (Å²) in [5.41, 5.74) is 5.92. The van der Waals surface area contributed by atoms with Crippen LogP contribution in [0.1, 0.15) is 19.8 Å². The van der Waals surface area contributed by atoms with Gasteiger partial charge < -0.3 is 15.2 Å². The van der Waals surface area contributed by atoms with E-state index in [9.17, 15) is 9.59 Å². The first-order valence-electron chi connectivity index (χ1n) is 6.30. The van der Waals surface area contributed by atoms with Gasteiger partial charge in [0.2, 0.25) is 5.91 Å². The maximum atomic E-state index is 12.1. The van der Waals surface area contributed by atoms with Crippen molar-refractivity contribution in [2.24, 2.45) is 5.92 Å². The molecule has 2 heterocycles. The molecule has 98 valence electrons. The molecule has 2 rings (SSSR count).